The summed E-state index contributed by atoms with van der Waals surface area (Å²) in [5.41, 5.74) is 5.41. The van der Waals surface area contributed by atoms with Crippen LogP contribution in [0.15, 0.2) is 5.16 Å². The fourth-order valence-electron chi connectivity index (χ4n) is 1.19. The lowest BCUT2D eigenvalue weighted by molar-refractivity contribution is 0.274. The van der Waals surface area contributed by atoms with Gasteiger partial charge in [-0.25, -0.2) is 0 Å². The third-order valence-corrected chi connectivity index (χ3v) is 2.28. The molecule has 84 valence electrons. The average Bonchev–Trinajstić information content (AvgIpc) is 2.17. The molecule has 0 amide bonds. The Labute approximate surface area is 86.8 Å². The number of oxime groups is 1. The first-order chi connectivity index (χ1) is 6.60. The third-order valence-electron chi connectivity index (χ3n) is 2.28. The average molecular weight is 201 g/mol. The number of hydrogen-bond donors (Lipinski definition) is 2. The van der Waals surface area contributed by atoms with Crippen LogP contribution in [0.5, 0.6) is 0 Å². The minimum absolute atomic E-state index is 0.313. The Hall–Kier alpha value is -0.770. The van der Waals surface area contributed by atoms with Gasteiger partial charge < -0.3 is 15.8 Å². The third kappa shape index (κ3) is 6.71. The minimum atomic E-state index is 0.313. The summed E-state index contributed by atoms with van der Waals surface area (Å²) in [7, 11) is 0. The topological polar surface area (TPSA) is 61.8 Å². The number of nitrogens with two attached hydrogens (primary N) is 1. The molecule has 0 saturated carbocycles. The maximum atomic E-state index is 8.38. The smallest absolute Gasteiger partial charge is 0.140 e. The van der Waals surface area contributed by atoms with Gasteiger partial charge in [0.05, 0.1) is 0 Å². The van der Waals surface area contributed by atoms with E-state index in [1.54, 1.807) is 0 Å². The highest BCUT2D eigenvalue weighted by atomic mass is 16.4. The van der Waals surface area contributed by atoms with Crippen LogP contribution in [0.25, 0.3) is 0 Å². The lowest BCUT2D eigenvalue weighted by atomic mass is 10.1. The Morgan fingerprint density at radius 2 is 2.07 bits per heavy atom. The summed E-state index contributed by atoms with van der Waals surface area (Å²) < 4.78 is 0. The first-order valence-corrected chi connectivity index (χ1v) is 5.28. The molecule has 0 bridgehead atoms. The lowest BCUT2D eigenvalue weighted by Crippen LogP contribution is -2.29. The van der Waals surface area contributed by atoms with Crippen LogP contribution in [0.1, 0.15) is 33.6 Å². The molecule has 0 aliphatic rings. The Balaban J connectivity index is 3.68. The first-order valence-electron chi connectivity index (χ1n) is 5.28. The van der Waals surface area contributed by atoms with E-state index in [4.69, 9.17) is 10.9 Å². The van der Waals surface area contributed by atoms with Crippen molar-refractivity contribution in [3.8, 4) is 0 Å². The van der Waals surface area contributed by atoms with Gasteiger partial charge in [-0.3, -0.25) is 0 Å². The highest BCUT2D eigenvalue weighted by molar-refractivity contribution is 5.79. The largest absolute Gasteiger partial charge is 0.409 e. The highest BCUT2D eigenvalue weighted by Crippen LogP contribution is 2.02. The molecular formula is C10H23N3O. The van der Waals surface area contributed by atoms with Crippen molar-refractivity contribution in [3.63, 3.8) is 0 Å². The number of amidine groups is 1. The van der Waals surface area contributed by atoms with Gasteiger partial charge in [0.2, 0.25) is 0 Å². The maximum Gasteiger partial charge on any atom is 0.140 e. The molecule has 14 heavy (non-hydrogen) atoms. The van der Waals surface area contributed by atoms with Crippen LogP contribution in [-0.2, 0) is 0 Å². The molecule has 0 unspecified atom stereocenters. The van der Waals surface area contributed by atoms with Crippen LogP contribution < -0.4 is 5.73 Å². The van der Waals surface area contributed by atoms with Crippen LogP contribution in [0.3, 0.4) is 0 Å². The van der Waals surface area contributed by atoms with E-state index in [0.29, 0.717) is 12.3 Å². The van der Waals surface area contributed by atoms with Gasteiger partial charge in [-0.15, -0.1) is 0 Å². The van der Waals surface area contributed by atoms with Gasteiger partial charge in [0.1, 0.15) is 5.84 Å². The molecule has 0 heterocycles. The van der Waals surface area contributed by atoms with Crippen molar-refractivity contribution in [2.24, 2.45) is 16.8 Å². The molecule has 3 N–H and O–H groups in total. The summed E-state index contributed by atoms with van der Waals surface area (Å²) in [6.45, 7) is 9.55. The minimum Gasteiger partial charge on any atom is -0.409 e. The fraction of sp³-hybridized carbons (Fsp3) is 0.900. The number of rotatable bonds is 7. The maximum absolute atomic E-state index is 8.38. The van der Waals surface area contributed by atoms with Gasteiger partial charge in [0.15, 0.2) is 0 Å². The van der Waals surface area contributed by atoms with Crippen LogP contribution in [0.2, 0.25) is 0 Å². The van der Waals surface area contributed by atoms with Crippen molar-refractivity contribution in [2.45, 2.75) is 33.6 Å². The predicted molar refractivity (Wildman–Crippen MR) is 59.6 cm³/mol. The van der Waals surface area contributed by atoms with Crippen molar-refractivity contribution in [1.82, 2.24) is 4.90 Å². The van der Waals surface area contributed by atoms with E-state index in [9.17, 15) is 0 Å². The zero-order valence-corrected chi connectivity index (χ0v) is 9.53. The molecule has 0 fully saturated rings. The number of hydrogen-bond acceptors (Lipinski definition) is 3. The predicted octanol–water partition coefficient (Wildman–Crippen LogP) is 1.49. The Kier molecular flexibility index (Phi) is 7.20. The van der Waals surface area contributed by atoms with E-state index >= 15 is 0 Å². The zero-order chi connectivity index (χ0) is 11.0. The lowest BCUT2D eigenvalue weighted by Gasteiger charge is -2.20. The van der Waals surface area contributed by atoms with E-state index in [0.717, 1.165) is 25.6 Å². The highest BCUT2D eigenvalue weighted by Gasteiger charge is 2.04. The molecule has 0 saturated heterocycles. The molecule has 0 aromatic heterocycles. The van der Waals surface area contributed by atoms with Crippen LogP contribution in [0, 0.1) is 5.92 Å². The SMILES string of the molecule is CCN(CCC(N)=NO)CCC(C)C. The second-order valence-corrected chi connectivity index (χ2v) is 3.96. The second-order valence-electron chi connectivity index (χ2n) is 3.96. The first kappa shape index (κ1) is 13.2. The van der Waals surface area contributed by atoms with E-state index in [-0.39, 0.29) is 0 Å². The molecule has 0 aliphatic heterocycles. The normalized spacial score (nSPS) is 12.8. The zero-order valence-electron chi connectivity index (χ0n) is 9.53. The molecular weight excluding hydrogens is 178 g/mol. The van der Waals surface area contributed by atoms with Gasteiger partial charge in [-0.05, 0) is 25.4 Å². The Bertz CT molecular complexity index is 169. The quantitative estimate of drug-likeness (QED) is 0.284. The molecule has 4 heteroatoms. The van der Waals surface area contributed by atoms with Gasteiger partial charge in [0.25, 0.3) is 0 Å². The summed E-state index contributed by atoms with van der Waals surface area (Å²) in [5.74, 6) is 1.04. The Morgan fingerprint density at radius 3 is 2.50 bits per heavy atom. The molecule has 0 radical (unpaired) electrons. The molecule has 0 atom stereocenters. The van der Waals surface area contributed by atoms with E-state index in [2.05, 4.69) is 30.8 Å². The summed E-state index contributed by atoms with van der Waals surface area (Å²) in [4.78, 5) is 2.32. The molecule has 4 nitrogen and oxygen atoms in total. The number of nitrogens with zero attached hydrogens (tertiary/aromatic N) is 2. The van der Waals surface area contributed by atoms with Crippen molar-refractivity contribution < 1.29 is 5.21 Å². The van der Waals surface area contributed by atoms with Gasteiger partial charge in [-0.1, -0.05) is 25.9 Å². The van der Waals surface area contributed by atoms with Gasteiger partial charge in [-0.2, -0.15) is 0 Å². The summed E-state index contributed by atoms with van der Waals surface area (Å²) in [6.07, 6.45) is 1.84. The van der Waals surface area contributed by atoms with Crippen molar-refractivity contribution >= 4 is 5.84 Å². The summed E-state index contributed by atoms with van der Waals surface area (Å²) in [6, 6.07) is 0. The fourth-order valence-corrected chi connectivity index (χ4v) is 1.19. The molecule has 0 aliphatic carbocycles. The second kappa shape index (κ2) is 7.62. The monoisotopic (exact) mass is 201 g/mol. The van der Waals surface area contributed by atoms with E-state index < -0.39 is 0 Å². The Morgan fingerprint density at radius 1 is 1.43 bits per heavy atom. The van der Waals surface area contributed by atoms with Crippen LogP contribution >= 0.6 is 0 Å². The molecule has 0 spiro atoms. The van der Waals surface area contributed by atoms with E-state index in [1.807, 2.05) is 0 Å². The summed E-state index contributed by atoms with van der Waals surface area (Å²) >= 11 is 0. The summed E-state index contributed by atoms with van der Waals surface area (Å²) in [5, 5.41) is 11.3. The van der Waals surface area contributed by atoms with Gasteiger partial charge in [0, 0.05) is 13.0 Å². The van der Waals surface area contributed by atoms with Crippen LogP contribution in [-0.4, -0.2) is 35.6 Å². The van der Waals surface area contributed by atoms with Crippen LogP contribution in [0.4, 0.5) is 0 Å². The van der Waals surface area contributed by atoms with Gasteiger partial charge >= 0.3 is 0 Å². The molecule has 0 rings (SSSR count). The van der Waals surface area contributed by atoms with Crippen molar-refractivity contribution in [2.75, 3.05) is 19.6 Å². The molecule has 0 aromatic carbocycles. The van der Waals surface area contributed by atoms with E-state index in [1.165, 1.54) is 6.42 Å². The van der Waals surface area contributed by atoms with Crippen molar-refractivity contribution in [3.05, 3.63) is 0 Å². The molecule has 0 aromatic rings. The van der Waals surface area contributed by atoms with Crippen molar-refractivity contribution in [1.29, 1.82) is 0 Å². The standard InChI is InChI=1S/C10H23N3O/c1-4-13(7-5-9(2)3)8-6-10(11)12-14/h9,14H,4-8H2,1-3H3,(H2,11,12).